The molecule has 0 aliphatic heterocycles. The third kappa shape index (κ3) is 4.46. The smallest absolute Gasteiger partial charge is 0.178 e. The Hall–Kier alpha value is -3.51. The van der Waals surface area contributed by atoms with Crippen LogP contribution in [0, 0.1) is 18.3 Å². The van der Waals surface area contributed by atoms with E-state index in [2.05, 4.69) is 33.2 Å². The average Bonchev–Trinajstić information content (AvgIpc) is 3.45. The van der Waals surface area contributed by atoms with Gasteiger partial charge in [0.1, 0.15) is 23.6 Å². The topological polar surface area (TPSA) is 93.1 Å². The van der Waals surface area contributed by atoms with Gasteiger partial charge in [-0.25, -0.2) is 4.68 Å². The predicted octanol–water partition coefficient (Wildman–Crippen LogP) is 4.60. The first-order valence-electron chi connectivity index (χ1n) is 11.5. The van der Waals surface area contributed by atoms with Crippen LogP contribution in [0.2, 0.25) is 0 Å². The summed E-state index contributed by atoms with van der Waals surface area (Å²) in [5, 5.41) is 26.3. The van der Waals surface area contributed by atoms with E-state index in [1.165, 1.54) is 0 Å². The lowest BCUT2D eigenvalue weighted by Gasteiger charge is -2.21. The van der Waals surface area contributed by atoms with E-state index in [0.717, 1.165) is 65.5 Å². The highest BCUT2D eigenvalue weighted by atomic mass is 32.2. The highest BCUT2D eigenvalue weighted by Gasteiger charge is 2.29. The Balaban J connectivity index is 1.59. The lowest BCUT2D eigenvalue weighted by atomic mass is 10.0. The summed E-state index contributed by atoms with van der Waals surface area (Å²) in [6.07, 6.45) is 7.53. The van der Waals surface area contributed by atoms with Crippen molar-refractivity contribution in [3.63, 3.8) is 0 Å². The minimum atomic E-state index is -0.347. The van der Waals surface area contributed by atoms with Crippen molar-refractivity contribution in [3.05, 3.63) is 71.3 Å². The SMILES string of the molecule is CSCCCn1nnnc1C(Nc1cccc(OC2CC2)c1)c1c(C)c(C#N)n2ccccc12. The summed E-state index contributed by atoms with van der Waals surface area (Å²) in [6.45, 7) is 2.71. The van der Waals surface area contributed by atoms with Crippen molar-refractivity contribution in [2.24, 2.45) is 0 Å². The maximum atomic E-state index is 9.90. The van der Waals surface area contributed by atoms with Crippen LogP contribution in [0.25, 0.3) is 5.52 Å². The molecule has 5 rings (SSSR count). The first kappa shape index (κ1) is 22.3. The molecule has 1 saturated carbocycles. The molecule has 0 amide bonds. The second kappa shape index (κ2) is 9.77. The summed E-state index contributed by atoms with van der Waals surface area (Å²) in [6, 6.07) is 16.0. The van der Waals surface area contributed by atoms with E-state index < -0.39 is 0 Å². The van der Waals surface area contributed by atoms with Crippen molar-refractivity contribution in [3.8, 4) is 11.8 Å². The van der Waals surface area contributed by atoms with Crippen molar-refractivity contribution in [2.75, 3.05) is 17.3 Å². The molecule has 1 unspecified atom stereocenters. The monoisotopic (exact) mass is 473 g/mol. The van der Waals surface area contributed by atoms with Gasteiger partial charge in [0.05, 0.1) is 11.6 Å². The van der Waals surface area contributed by atoms with E-state index in [4.69, 9.17) is 4.74 Å². The molecule has 0 radical (unpaired) electrons. The standard InChI is InChI=1S/C25H27N7OS/c1-17-22(16-26)31-12-4-3-9-21(31)23(17)24(25-28-29-30-32(25)13-6-14-34-2)27-18-7-5-8-20(15-18)33-19-10-11-19/h3-5,7-9,12,15,19,24,27H,6,10-11,13-14H2,1-2H3. The number of pyridine rings is 1. The molecule has 1 aliphatic carbocycles. The summed E-state index contributed by atoms with van der Waals surface area (Å²) in [5.74, 6) is 2.60. The van der Waals surface area contributed by atoms with Crippen LogP contribution < -0.4 is 10.1 Å². The quantitative estimate of drug-likeness (QED) is 0.336. The molecule has 1 aliphatic rings. The number of hydrogen-bond acceptors (Lipinski definition) is 7. The summed E-state index contributed by atoms with van der Waals surface area (Å²) in [5.41, 5.74) is 4.39. The Labute approximate surface area is 202 Å². The molecule has 1 N–H and O–H groups in total. The van der Waals surface area contributed by atoms with Crippen molar-refractivity contribution < 1.29 is 4.74 Å². The van der Waals surface area contributed by atoms with Crippen LogP contribution >= 0.6 is 11.8 Å². The van der Waals surface area contributed by atoms with E-state index in [0.29, 0.717) is 11.8 Å². The van der Waals surface area contributed by atoms with Crippen LogP contribution in [0.4, 0.5) is 5.69 Å². The second-order valence-electron chi connectivity index (χ2n) is 8.48. The number of aromatic nitrogens is 5. The average molecular weight is 474 g/mol. The third-order valence-electron chi connectivity index (χ3n) is 6.04. The molecule has 0 bridgehead atoms. The van der Waals surface area contributed by atoms with Crippen LogP contribution in [-0.4, -0.2) is 42.7 Å². The van der Waals surface area contributed by atoms with Crippen LogP contribution in [0.3, 0.4) is 0 Å². The van der Waals surface area contributed by atoms with Crippen molar-refractivity contribution in [1.29, 1.82) is 5.26 Å². The molecular weight excluding hydrogens is 446 g/mol. The van der Waals surface area contributed by atoms with Crippen LogP contribution in [0.5, 0.6) is 5.75 Å². The van der Waals surface area contributed by atoms with E-state index >= 15 is 0 Å². The number of hydrogen-bond donors (Lipinski definition) is 1. The Kier molecular flexibility index (Phi) is 6.41. The fraction of sp³-hybridized carbons (Fsp3) is 0.360. The number of benzene rings is 1. The zero-order valence-corrected chi connectivity index (χ0v) is 20.1. The molecule has 1 fully saturated rings. The number of tetrazole rings is 1. The predicted molar refractivity (Wildman–Crippen MR) is 133 cm³/mol. The van der Waals surface area contributed by atoms with E-state index in [1.807, 2.05) is 76.4 Å². The van der Waals surface area contributed by atoms with Crippen LogP contribution in [-0.2, 0) is 6.54 Å². The van der Waals surface area contributed by atoms with Gasteiger partial charge < -0.3 is 14.5 Å². The molecule has 0 saturated heterocycles. The largest absolute Gasteiger partial charge is 0.490 e. The Bertz CT molecular complexity index is 1330. The summed E-state index contributed by atoms with van der Waals surface area (Å²) in [7, 11) is 0. The van der Waals surface area contributed by atoms with Crippen LogP contribution in [0.15, 0.2) is 48.7 Å². The lowest BCUT2D eigenvalue weighted by molar-refractivity contribution is 0.303. The normalized spacial score (nSPS) is 14.1. The minimum Gasteiger partial charge on any atom is -0.490 e. The van der Waals surface area contributed by atoms with Gasteiger partial charge in [0.15, 0.2) is 5.82 Å². The molecular formula is C25H27N7OS. The van der Waals surface area contributed by atoms with Crippen molar-refractivity contribution in [2.45, 2.75) is 44.9 Å². The number of nitrogens with one attached hydrogen (secondary N) is 1. The van der Waals surface area contributed by atoms with Gasteiger partial charge in [-0.3, -0.25) is 0 Å². The molecule has 3 heterocycles. The van der Waals surface area contributed by atoms with E-state index in [9.17, 15) is 5.26 Å². The summed E-state index contributed by atoms with van der Waals surface area (Å²) in [4.78, 5) is 0. The van der Waals surface area contributed by atoms with E-state index in [1.54, 1.807) is 0 Å². The van der Waals surface area contributed by atoms with E-state index in [-0.39, 0.29) is 6.04 Å². The number of anilines is 1. The Morgan fingerprint density at radius 1 is 1.26 bits per heavy atom. The molecule has 9 heteroatoms. The second-order valence-corrected chi connectivity index (χ2v) is 9.47. The molecule has 8 nitrogen and oxygen atoms in total. The molecule has 34 heavy (non-hydrogen) atoms. The maximum absolute atomic E-state index is 9.90. The molecule has 1 atom stereocenters. The zero-order valence-electron chi connectivity index (χ0n) is 19.3. The number of fused-ring (bicyclic) bond motifs is 1. The number of aryl methyl sites for hydroxylation is 1. The highest BCUT2D eigenvalue weighted by molar-refractivity contribution is 7.98. The Morgan fingerprint density at radius 3 is 2.94 bits per heavy atom. The number of nitrogens with zero attached hydrogens (tertiary/aromatic N) is 6. The van der Waals surface area contributed by atoms with Gasteiger partial charge in [-0.1, -0.05) is 12.1 Å². The molecule has 3 aromatic heterocycles. The number of thioether (sulfide) groups is 1. The number of ether oxygens (including phenoxy) is 1. The lowest BCUT2D eigenvalue weighted by Crippen LogP contribution is -2.20. The fourth-order valence-electron chi connectivity index (χ4n) is 4.27. The van der Waals surface area contributed by atoms with Gasteiger partial charge >= 0.3 is 0 Å². The first-order chi connectivity index (χ1) is 16.7. The molecule has 0 spiro atoms. The fourth-order valence-corrected chi connectivity index (χ4v) is 4.68. The van der Waals surface area contributed by atoms with Gasteiger partial charge in [0.25, 0.3) is 0 Å². The number of nitriles is 1. The third-order valence-corrected chi connectivity index (χ3v) is 6.74. The number of rotatable bonds is 10. The van der Waals surface area contributed by atoms with Gasteiger partial charge in [-0.2, -0.15) is 17.0 Å². The molecule has 4 aromatic rings. The van der Waals surface area contributed by atoms with Gasteiger partial charge in [0.2, 0.25) is 0 Å². The Morgan fingerprint density at radius 2 is 2.15 bits per heavy atom. The molecule has 174 valence electrons. The first-order valence-corrected chi connectivity index (χ1v) is 12.9. The van der Waals surface area contributed by atoms with Crippen molar-refractivity contribution in [1.82, 2.24) is 24.6 Å². The molecule has 1 aromatic carbocycles. The zero-order chi connectivity index (χ0) is 23.5. The highest BCUT2D eigenvalue weighted by Crippen LogP contribution is 2.35. The van der Waals surface area contributed by atoms with Gasteiger partial charge in [-0.15, -0.1) is 5.10 Å². The summed E-state index contributed by atoms with van der Waals surface area (Å²) >= 11 is 1.81. The van der Waals surface area contributed by atoms with Crippen LogP contribution in [0.1, 0.15) is 47.9 Å². The van der Waals surface area contributed by atoms with Crippen molar-refractivity contribution >= 4 is 23.0 Å². The minimum absolute atomic E-state index is 0.325. The van der Waals surface area contributed by atoms with Gasteiger partial charge in [0, 0.05) is 30.1 Å². The summed E-state index contributed by atoms with van der Waals surface area (Å²) < 4.78 is 9.82. The maximum Gasteiger partial charge on any atom is 0.178 e. The van der Waals surface area contributed by atoms with Gasteiger partial charge in [-0.05, 0) is 78.5 Å².